The number of anilines is 4. The number of nitrogens with one attached hydrogen (secondary N) is 4. The summed E-state index contributed by atoms with van der Waals surface area (Å²) in [6, 6.07) is 17.3. The molecule has 1 unspecified atom stereocenters. The zero-order chi connectivity index (χ0) is 29.1. The summed E-state index contributed by atoms with van der Waals surface area (Å²) in [4.78, 5) is 9.19. The van der Waals surface area contributed by atoms with Gasteiger partial charge in [-0.05, 0) is 55.0 Å². The van der Waals surface area contributed by atoms with Crippen molar-refractivity contribution in [3.63, 3.8) is 0 Å². The van der Waals surface area contributed by atoms with Gasteiger partial charge in [-0.3, -0.25) is 4.72 Å². The third-order valence-electron chi connectivity index (χ3n) is 5.64. The summed E-state index contributed by atoms with van der Waals surface area (Å²) in [5.74, 6) is 0.665. The maximum atomic E-state index is 12.9. The normalized spacial score (nSPS) is 13.7. The Balaban J connectivity index is 1.62. The summed E-state index contributed by atoms with van der Waals surface area (Å²) in [5.41, 5.74) is 2.16. The SMILES string of the molecule is C[C@H](CO)Nc1nc(Nc2cccc(S(C)(=N)=O)c2)ncc1-c1ccc(NS(=O)(=O)c2cccc(Cl)c2Cl)cc1. The molecule has 0 fully saturated rings. The zero-order valence-electron chi connectivity index (χ0n) is 21.4. The van der Waals surface area contributed by atoms with Gasteiger partial charge in [0.05, 0.1) is 26.4 Å². The lowest BCUT2D eigenvalue weighted by atomic mass is 10.1. The van der Waals surface area contributed by atoms with Gasteiger partial charge in [0.1, 0.15) is 10.7 Å². The summed E-state index contributed by atoms with van der Waals surface area (Å²) in [6.45, 7) is 1.64. The molecule has 2 atom stereocenters. The van der Waals surface area contributed by atoms with Crippen molar-refractivity contribution in [2.75, 3.05) is 28.2 Å². The molecule has 0 spiro atoms. The number of aromatic nitrogens is 2. The Bertz CT molecular complexity index is 1750. The quantitative estimate of drug-likeness (QED) is 0.148. The predicted molar refractivity (Wildman–Crippen MR) is 160 cm³/mol. The first-order valence-electron chi connectivity index (χ1n) is 11.8. The van der Waals surface area contributed by atoms with E-state index in [0.29, 0.717) is 33.2 Å². The highest BCUT2D eigenvalue weighted by atomic mass is 35.5. The van der Waals surface area contributed by atoms with E-state index in [-0.39, 0.29) is 33.5 Å². The van der Waals surface area contributed by atoms with Crippen molar-refractivity contribution in [1.29, 1.82) is 4.78 Å². The first-order valence-corrected chi connectivity index (χ1v) is 16.0. The maximum absolute atomic E-state index is 12.9. The van der Waals surface area contributed by atoms with Crippen molar-refractivity contribution in [3.8, 4) is 11.1 Å². The van der Waals surface area contributed by atoms with Gasteiger partial charge >= 0.3 is 0 Å². The van der Waals surface area contributed by atoms with Crippen molar-refractivity contribution >= 4 is 66.1 Å². The molecule has 0 radical (unpaired) electrons. The van der Waals surface area contributed by atoms with Crippen molar-refractivity contribution < 1.29 is 17.7 Å². The summed E-state index contributed by atoms with van der Waals surface area (Å²) >= 11 is 12.1. The molecular weight excluding hydrogens is 595 g/mol. The van der Waals surface area contributed by atoms with Gasteiger partial charge in [0.25, 0.3) is 10.0 Å². The molecule has 1 aromatic heterocycles. The molecule has 1 heterocycles. The molecule has 3 aromatic carbocycles. The number of sulfonamides is 1. The van der Waals surface area contributed by atoms with E-state index in [1.165, 1.54) is 24.5 Å². The molecule has 0 amide bonds. The van der Waals surface area contributed by atoms with Crippen LogP contribution in [0.15, 0.2) is 82.7 Å². The number of hydrogen-bond donors (Lipinski definition) is 5. The fourth-order valence-corrected chi connectivity index (χ4v) is 6.12. The van der Waals surface area contributed by atoms with Crippen LogP contribution in [0.4, 0.5) is 23.1 Å². The summed E-state index contributed by atoms with van der Waals surface area (Å²) < 4.78 is 48.2. The molecule has 0 saturated heterocycles. The number of benzene rings is 3. The lowest BCUT2D eigenvalue weighted by molar-refractivity contribution is 0.281. The molecule has 4 rings (SSSR count). The van der Waals surface area contributed by atoms with E-state index in [1.807, 2.05) is 0 Å². The van der Waals surface area contributed by atoms with Crippen LogP contribution >= 0.6 is 23.2 Å². The average molecular weight is 622 g/mol. The van der Waals surface area contributed by atoms with E-state index in [0.717, 1.165) is 0 Å². The Hall–Kier alpha value is -3.42. The van der Waals surface area contributed by atoms with Gasteiger partial charge in [-0.25, -0.2) is 22.4 Å². The van der Waals surface area contributed by atoms with Crippen LogP contribution in [-0.4, -0.2) is 46.6 Å². The maximum Gasteiger partial charge on any atom is 0.263 e. The zero-order valence-corrected chi connectivity index (χ0v) is 24.5. The van der Waals surface area contributed by atoms with Crippen LogP contribution in [0.3, 0.4) is 0 Å². The minimum atomic E-state index is -3.99. The lowest BCUT2D eigenvalue weighted by Gasteiger charge is -2.17. The van der Waals surface area contributed by atoms with Crippen LogP contribution in [0.1, 0.15) is 6.92 Å². The summed E-state index contributed by atoms with van der Waals surface area (Å²) in [7, 11) is -6.89. The minimum Gasteiger partial charge on any atom is -0.394 e. The molecule has 0 aliphatic carbocycles. The molecule has 40 heavy (non-hydrogen) atoms. The number of nitrogens with zero attached hydrogens (tertiary/aromatic N) is 2. The minimum absolute atomic E-state index is 0.0671. The molecule has 0 aliphatic heterocycles. The first kappa shape index (κ1) is 29.6. The van der Waals surface area contributed by atoms with Crippen LogP contribution in [0.5, 0.6) is 0 Å². The second kappa shape index (κ2) is 12.0. The predicted octanol–water partition coefficient (Wildman–Crippen LogP) is 5.82. The van der Waals surface area contributed by atoms with E-state index in [1.54, 1.807) is 61.7 Å². The van der Waals surface area contributed by atoms with Crippen LogP contribution < -0.4 is 15.4 Å². The summed E-state index contributed by atoms with van der Waals surface area (Å²) in [5, 5.41) is 15.9. The van der Waals surface area contributed by atoms with Crippen LogP contribution in [0.25, 0.3) is 11.1 Å². The van der Waals surface area contributed by atoms with Gasteiger partial charge in [0.15, 0.2) is 0 Å². The van der Waals surface area contributed by atoms with Crippen molar-refractivity contribution in [3.05, 3.63) is 83.0 Å². The van der Waals surface area contributed by atoms with Gasteiger partial charge in [-0.1, -0.05) is 47.5 Å². The van der Waals surface area contributed by atoms with E-state index >= 15 is 0 Å². The number of rotatable bonds is 10. The van der Waals surface area contributed by atoms with E-state index in [4.69, 9.17) is 28.0 Å². The molecule has 5 N–H and O–H groups in total. The van der Waals surface area contributed by atoms with Crippen LogP contribution in [0, 0.1) is 4.78 Å². The van der Waals surface area contributed by atoms with Gasteiger partial charge in [0, 0.05) is 40.3 Å². The lowest BCUT2D eigenvalue weighted by Crippen LogP contribution is -2.21. The van der Waals surface area contributed by atoms with Gasteiger partial charge in [0.2, 0.25) is 5.95 Å². The molecule has 0 bridgehead atoms. The second-order valence-corrected chi connectivity index (χ2v) is 13.5. The van der Waals surface area contributed by atoms with Crippen LogP contribution in [-0.2, 0) is 19.8 Å². The number of hydrogen-bond acceptors (Lipinski definition) is 9. The van der Waals surface area contributed by atoms with E-state index in [9.17, 15) is 17.7 Å². The van der Waals surface area contributed by atoms with E-state index < -0.39 is 19.8 Å². The highest BCUT2D eigenvalue weighted by Gasteiger charge is 2.20. The van der Waals surface area contributed by atoms with Crippen molar-refractivity contribution in [1.82, 2.24) is 9.97 Å². The Morgan fingerprint density at radius 1 is 1.00 bits per heavy atom. The second-order valence-electron chi connectivity index (χ2n) is 8.92. The molecule has 10 nitrogen and oxygen atoms in total. The fourth-order valence-electron chi connectivity index (χ4n) is 3.61. The first-order chi connectivity index (χ1) is 18.9. The molecule has 14 heteroatoms. The Kier molecular flexibility index (Phi) is 8.86. The monoisotopic (exact) mass is 620 g/mol. The Morgan fingerprint density at radius 2 is 1.70 bits per heavy atom. The topological polar surface area (TPSA) is 157 Å². The van der Waals surface area contributed by atoms with Crippen LogP contribution in [0.2, 0.25) is 10.0 Å². The highest BCUT2D eigenvalue weighted by Crippen LogP contribution is 2.32. The summed E-state index contributed by atoms with van der Waals surface area (Å²) in [6.07, 6.45) is 2.93. The fraction of sp³-hybridized carbons (Fsp3) is 0.154. The standard InChI is InChI=1S/C26H26Cl2N6O4S2/c1-16(15-35)31-25-21(14-30-26(33-25)32-19-5-3-6-20(13-19)39(2,29)36)17-9-11-18(12-10-17)34-40(37,38)23-8-4-7-22(27)24(23)28/h3-14,16,29,34-35H,15H2,1-2H3,(H2,30,31,32,33)/t16-,39?/m1/s1. The largest absolute Gasteiger partial charge is 0.394 e. The van der Waals surface area contributed by atoms with Gasteiger partial charge in [-0.15, -0.1) is 0 Å². The number of halogens is 2. The average Bonchev–Trinajstić information content (AvgIpc) is 2.90. The Morgan fingerprint density at radius 3 is 2.38 bits per heavy atom. The Labute approximate surface area is 242 Å². The molecule has 0 saturated carbocycles. The van der Waals surface area contributed by atoms with Gasteiger partial charge < -0.3 is 15.7 Å². The van der Waals surface area contributed by atoms with Gasteiger partial charge in [-0.2, -0.15) is 4.98 Å². The number of aliphatic hydroxyl groups excluding tert-OH is 1. The van der Waals surface area contributed by atoms with Crippen molar-refractivity contribution in [2.24, 2.45) is 0 Å². The smallest absolute Gasteiger partial charge is 0.263 e. The third-order valence-corrected chi connectivity index (χ3v) is 9.15. The molecule has 0 aliphatic rings. The highest BCUT2D eigenvalue weighted by molar-refractivity contribution is 7.93. The molecular formula is C26H26Cl2N6O4S2. The van der Waals surface area contributed by atoms with Crippen molar-refractivity contribution in [2.45, 2.75) is 22.8 Å². The molecule has 210 valence electrons. The van der Waals surface area contributed by atoms with E-state index in [2.05, 4.69) is 25.3 Å². The third kappa shape index (κ3) is 7.01. The number of aliphatic hydroxyl groups is 1. The molecule has 4 aromatic rings.